The molecule has 0 atom stereocenters. The number of hydrogen-bond acceptors (Lipinski definition) is 1. The molecule has 0 amide bonds. The average Bonchev–Trinajstić information content (AvgIpc) is 2.48. The Morgan fingerprint density at radius 3 is 2.05 bits per heavy atom. The van der Waals surface area contributed by atoms with Crippen LogP contribution in [0.25, 0.3) is 0 Å². The first-order valence-corrected chi connectivity index (χ1v) is 6.42. The van der Waals surface area contributed by atoms with Crippen LogP contribution in [0.15, 0.2) is 48.5 Å². The van der Waals surface area contributed by atoms with Crippen molar-refractivity contribution in [3.63, 3.8) is 0 Å². The number of alkyl halides is 4. The first-order chi connectivity index (χ1) is 9.82. The fraction of sp³-hybridized carbons (Fsp3) is 0.250. The highest BCUT2D eigenvalue weighted by molar-refractivity contribution is 5.39. The molecule has 0 heterocycles. The molecule has 2 N–H and O–H groups in total. The standard InChI is InChI=1S/C16H15F4N/c1-11-12(10-21)6-5-9-14(11)16(19,20)15(17,18)13-7-3-2-4-8-13/h2-9H,10,21H2,1H3. The van der Waals surface area contributed by atoms with Crippen molar-refractivity contribution in [2.45, 2.75) is 25.3 Å². The van der Waals surface area contributed by atoms with Gasteiger partial charge in [-0.3, -0.25) is 0 Å². The Balaban J connectivity index is 2.56. The highest BCUT2D eigenvalue weighted by atomic mass is 19.3. The second-order valence-electron chi connectivity index (χ2n) is 4.81. The summed E-state index contributed by atoms with van der Waals surface area (Å²) in [7, 11) is 0. The van der Waals surface area contributed by atoms with Crippen molar-refractivity contribution in [2.24, 2.45) is 5.73 Å². The van der Waals surface area contributed by atoms with Gasteiger partial charge in [0.2, 0.25) is 0 Å². The molecule has 0 saturated carbocycles. The van der Waals surface area contributed by atoms with E-state index in [2.05, 4.69) is 0 Å². The third kappa shape index (κ3) is 2.53. The smallest absolute Gasteiger partial charge is 0.326 e. The molecule has 0 aliphatic heterocycles. The van der Waals surface area contributed by atoms with E-state index >= 15 is 0 Å². The lowest BCUT2D eigenvalue weighted by Gasteiger charge is -2.29. The normalized spacial score (nSPS) is 12.5. The highest BCUT2D eigenvalue weighted by Gasteiger charge is 2.58. The van der Waals surface area contributed by atoms with Crippen molar-refractivity contribution < 1.29 is 17.6 Å². The van der Waals surface area contributed by atoms with Gasteiger partial charge in [-0.25, -0.2) is 0 Å². The zero-order chi connectivity index (χ0) is 15.7. The van der Waals surface area contributed by atoms with Gasteiger partial charge in [-0.15, -0.1) is 0 Å². The third-order valence-electron chi connectivity index (χ3n) is 3.53. The molecule has 0 aliphatic carbocycles. The van der Waals surface area contributed by atoms with E-state index in [1.807, 2.05) is 0 Å². The molecule has 0 saturated heterocycles. The van der Waals surface area contributed by atoms with Crippen molar-refractivity contribution in [2.75, 3.05) is 0 Å². The van der Waals surface area contributed by atoms with Gasteiger partial charge in [-0.1, -0.05) is 48.5 Å². The number of benzene rings is 2. The van der Waals surface area contributed by atoms with E-state index < -0.39 is 23.0 Å². The van der Waals surface area contributed by atoms with Crippen LogP contribution in [-0.2, 0) is 18.4 Å². The molecule has 2 aromatic rings. The molecule has 0 spiro atoms. The quantitative estimate of drug-likeness (QED) is 0.835. The highest BCUT2D eigenvalue weighted by Crippen LogP contribution is 2.50. The van der Waals surface area contributed by atoms with Gasteiger partial charge >= 0.3 is 11.8 Å². The predicted molar refractivity (Wildman–Crippen MR) is 73.3 cm³/mol. The average molecular weight is 297 g/mol. The van der Waals surface area contributed by atoms with E-state index in [-0.39, 0.29) is 12.1 Å². The van der Waals surface area contributed by atoms with Crippen LogP contribution in [0.5, 0.6) is 0 Å². The number of halogens is 4. The topological polar surface area (TPSA) is 26.0 Å². The van der Waals surface area contributed by atoms with E-state index in [4.69, 9.17) is 5.73 Å². The van der Waals surface area contributed by atoms with Gasteiger partial charge in [0.15, 0.2) is 0 Å². The molecule has 0 bridgehead atoms. The maximum Gasteiger partial charge on any atom is 0.340 e. The summed E-state index contributed by atoms with van der Waals surface area (Å²) in [6, 6.07) is 10.00. The maximum atomic E-state index is 14.4. The summed E-state index contributed by atoms with van der Waals surface area (Å²) in [6.45, 7) is 1.40. The van der Waals surface area contributed by atoms with Gasteiger partial charge in [0.25, 0.3) is 0 Å². The number of rotatable bonds is 4. The van der Waals surface area contributed by atoms with Crippen LogP contribution in [0.2, 0.25) is 0 Å². The van der Waals surface area contributed by atoms with Crippen molar-refractivity contribution in [1.29, 1.82) is 0 Å². The van der Waals surface area contributed by atoms with Crippen LogP contribution in [-0.4, -0.2) is 0 Å². The largest absolute Gasteiger partial charge is 0.340 e. The molecule has 1 nitrogen and oxygen atoms in total. The molecule has 2 rings (SSSR count). The number of hydrogen-bond donors (Lipinski definition) is 1. The van der Waals surface area contributed by atoms with Crippen molar-refractivity contribution >= 4 is 0 Å². The minimum absolute atomic E-state index is 0.0205. The van der Waals surface area contributed by atoms with E-state index in [9.17, 15) is 17.6 Å². The lowest BCUT2D eigenvalue weighted by molar-refractivity contribution is -0.224. The van der Waals surface area contributed by atoms with Gasteiger partial charge in [0.1, 0.15) is 0 Å². The van der Waals surface area contributed by atoms with Gasteiger partial charge in [-0.2, -0.15) is 17.6 Å². The summed E-state index contributed by atoms with van der Waals surface area (Å²) in [5, 5.41) is 0. The maximum absolute atomic E-state index is 14.4. The molecular weight excluding hydrogens is 282 g/mol. The zero-order valence-corrected chi connectivity index (χ0v) is 11.4. The van der Waals surface area contributed by atoms with E-state index in [0.29, 0.717) is 5.56 Å². The van der Waals surface area contributed by atoms with E-state index in [1.165, 1.54) is 31.2 Å². The Bertz CT molecular complexity index is 623. The summed E-state index contributed by atoms with van der Waals surface area (Å²) < 4.78 is 57.3. The molecule has 0 fully saturated rings. The molecular formula is C16H15F4N. The fourth-order valence-corrected chi connectivity index (χ4v) is 2.24. The van der Waals surface area contributed by atoms with Crippen LogP contribution in [0, 0.1) is 6.92 Å². The van der Waals surface area contributed by atoms with Gasteiger partial charge < -0.3 is 5.73 Å². The van der Waals surface area contributed by atoms with Crippen LogP contribution in [0.1, 0.15) is 22.3 Å². The Labute approximate surface area is 120 Å². The second-order valence-corrected chi connectivity index (χ2v) is 4.81. The van der Waals surface area contributed by atoms with Gasteiger partial charge in [0.05, 0.1) is 0 Å². The lowest BCUT2D eigenvalue weighted by atomic mass is 9.91. The minimum Gasteiger partial charge on any atom is -0.326 e. The van der Waals surface area contributed by atoms with E-state index in [0.717, 1.165) is 18.2 Å². The molecule has 112 valence electrons. The zero-order valence-electron chi connectivity index (χ0n) is 11.4. The lowest BCUT2D eigenvalue weighted by Crippen LogP contribution is -2.36. The monoisotopic (exact) mass is 297 g/mol. The first-order valence-electron chi connectivity index (χ1n) is 6.42. The Morgan fingerprint density at radius 1 is 0.857 bits per heavy atom. The number of nitrogens with two attached hydrogens (primary N) is 1. The molecule has 0 radical (unpaired) electrons. The fourth-order valence-electron chi connectivity index (χ4n) is 2.24. The summed E-state index contributed by atoms with van der Waals surface area (Å²) >= 11 is 0. The van der Waals surface area contributed by atoms with Crippen molar-refractivity contribution in [3.8, 4) is 0 Å². The van der Waals surface area contributed by atoms with Crippen LogP contribution >= 0.6 is 0 Å². The van der Waals surface area contributed by atoms with Crippen LogP contribution in [0.4, 0.5) is 17.6 Å². The van der Waals surface area contributed by atoms with Gasteiger partial charge in [0, 0.05) is 17.7 Å². The molecule has 2 aromatic carbocycles. The SMILES string of the molecule is Cc1c(CN)cccc1C(F)(F)C(F)(F)c1ccccc1. The van der Waals surface area contributed by atoms with Gasteiger partial charge in [-0.05, 0) is 18.1 Å². The summed E-state index contributed by atoms with van der Waals surface area (Å²) in [5.41, 5.74) is 4.56. The minimum atomic E-state index is -4.32. The summed E-state index contributed by atoms with van der Waals surface area (Å²) in [4.78, 5) is 0. The predicted octanol–water partition coefficient (Wildman–Crippen LogP) is 4.34. The summed E-state index contributed by atoms with van der Waals surface area (Å²) in [6.07, 6.45) is 0. The van der Waals surface area contributed by atoms with Crippen LogP contribution < -0.4 is 5.73 Å². The molecule has 0 aliphatic rings. The molecule has 21 heavy (non-hydrogen) atoms. The Hall–Kier alpha value is -1.88. The van der Waals surface area contributed by atoms with Crippen molar-refractivity contribution in [3.05, 3.63) is 70.8 Å². The molecule has 0 aromatic heterocycles. The Kier molecular flexibility index (Phi) is 4.05. The van der Waals surface area contributed by atoms with E-state index in [1.54, 1.807) is 6.07 Å². The Morgan fingerprint density at radius 2 is 1.48 bits per heavy atom. The molecule has 5 heteroatoms. The first kappa shape index (κ1) is 15.5. The second kappa shape index (κ2) is 5.48. The van der Waals surface area contributed by atoms with Crippen molar-refractivity contribution in [1.82, 2.24) is 0 Å². The summed E-state index contributed by atoms with van der Waals surface area (Å²) in [5.74, 6) is -8.62. The molecule has 0 unspecified atom stereocenters. The third-order valence-corrected chi connectivity index (χ3v) is 3.53. The van der Waals surface area contributed by atoms with Crippen LogP contribution in [0.3, 0.4) is 0 Å².